The monoisotopic (exact) mass is 375 g/mol. The van der Waals surface area contributed by atoms with E-state index in [1.54, 1.807) is 11.0 Å². The number of benzene rings is 1. The van der Waals surface area contributed by atoms with Gasteiger partial charge in [0.15, 0.2) is 0 Å². The molecule has 0 N–H and O–H groups in total. The van der Waals surface area contributed by atoms with E-state index in [-0.39, 0.29) is 11.8 Å². The number of nitrogens with zero attached hydrogens (tertiary/aromatic N) is 3. The number of carbonyl (C=O) groups excluding carboxylic acids is 2. The molecule has 5 rings (SSSR count). The second-order valence-electron chi connectivity index (χ2n) is 7.48. The topological polar surface area (TPSA) is 66.7 Å². The molecule has 0 atom stereocenters. The molecule has 3 heterocycles. The van der Waals surface area contributed by atoms with Crippen LogP contribution in [0.3, 0.4) is 0 Å². The molecule has 0 unspecified atom stereocenters. The van der Waals surface area contributed by atoms with Crippen LogP contribution < -0.4 is 0 Å². The average Bonchev–Trinajstić information content (AvgIpc) is 3.46. The molecule has 2 aliphatic rings. The molecule has 6 heteroatoms. The molecule has 2 fully saturated rings. The minimum atomic E-state index is -0.0498. The zero-order valence-corrected chi connectivity index (χ0v) is 15.5. The summed E-state index contributed by atoms with van der Waals surface area (Å²) >= 11 is 0. The third-order valence-corrected chi connectivity index (χ3v) is 5.58. The van der Waals surface area contributed by atoms with Crippen LogP contribution in [0.25, 0.3) is 10.9 Å². The number of rotatable bonds is 3. The fourth-order valence-corrected chi connectivity index (χ4v) is 3.81. The number of furan rings is 1. The minimum absolute atomic E-state index is 0.0240. The minimum Gasteiger partial charge on any atom is -0.472 e. The Kier molecular flexibility index (Phi) is 4.11. The van der Waals surface area contributed by atoms with Gasteiger partial charge in [-0.3, -0.25) is 14.6 Å². The molecule has 1 aromatic carbocycles. The molecule has 1 aliphatic heterocycles. The quantitative estimate of drug-likeness (QED) is 0.704. The van der Waals surface area contributed by atoms with Gasteiger partial charge in [0.05, 0.1) is 22.9 Å². The average molecular weight is 375 g/mol. The molecule has 0 bridgehead atoms. The van der Waals surface area contributed by atoms with Gasteiger partial charge in [0.2, 0.25) is 0 Å². The van der Waals surface area contributed by atoms with Crippen LogP contribution in [-0.2, 0) is 0 Å². The van der Waals surface area contributed by atoms with Crippen molar-refractivity contribution in [2.24, 2.45) is 0 Å². The summed E-state index contributed by atoms with van der Waals surface area (Å²) in [5, 5.41) is 0.897. The summed E-state index contributed by atoms with van der Waals surface area (Å²) < 4.78 is 5.00. The lowest BCUT2D eigenvalue weighted by Gasteiger charge is -2.34. The highest BCUT2D eigenvalue weighted by Crippen LogP contribution is 2.40. The second-order valence-corrected chi connectivity index (χ2v) is 7.48. The van der Waals surface area contributed by atoms with Gasteiger partial charge in [-0.1, -0.05) is 18.2 Å². The Morgan fingerprint density at radius 3 is 2.36 bits per heavy atom. The summed E-state index contributed by atoms with van der Waals surface area (Å²) in [6.07, 6.45) is 5.25. The summed E-state index contributed by atoms with van der Waals surface area (Å²) in [7, 11) is 0. The first kappa shape index (κ1) is 17.0. The van der Waals surface area contributed by atoms with Crippen LogP contribution in [0.15, 0.2) is 53.3 Å². The van der Waals surface area contributed by atoms with Gasteiger partial charge < -0.3 is 14.2 Å². The van der Waals surface area contributed by atoms with Crippen molar-refractivity contribution in [1.29, 1.82) is 0 Å². The maximum absolute atomic E-state index is 13.3. The van der Waals surface area contributed by atoms with Crippen LogP contribution in [-0.4, -0.2) is 52.8 Å². The van der Waals surface area contributed by atoms with Crippen molar-refractivity contribution in [2.45, 2.75) is 18.8 Å². The fraction of sp³-hybridized carbons (Fsp3) is 0.318. The molecule has 1 saturated carbocycles. The summed E-state index contributed by atoms with van der Waals surface area (Å²) in [6, 6.07) is 11.5. The Labute approximate surface area is 162 Å². The van der Waals surface area contributed by atoms with E-state index in [1.165, 1.54) is 12.5 Å². The van der Waals surface area contributed by atoms with E-state index in [1.807, 2.05) is 35.2 Å². The predicted octanol–water partition coefficient (Wildman–Crippen LogP) is 3.30. The van der Waals surface area contributed by atoms with E-state index in [2.05, 4.69) is 0 Å². The van der Waals surface area contributed by atoms with Crippen molar-refractivity contribution in [3.8, 4) is 0 Å². The van der Waals surface area contributed by atoms with E-state index in [9.17, 15) is 9.59 Å². The molecule has 2 aromatic heterocycles. The van der Waals surface area contributed by atoms with Crippen LogP contribution in [0.4, 0.5) is 0 Å². The van der Waals surface area contributed by atoms with Gasteiger partial charge in [0, 0.05) is 43.2 Å². The Morgan fingerprint density at radius 2 is 1.68 bits per heavy atom. The van der Waals surface area contributed by atoms with E-state index in [4.69, 9.17) is 9.40 Å². The van der Waals surface area contributed by atoms with Gasteiger partial charge in [0.25, 0.3) is 11.8 Å². The van der Waals surface area contributed by atoms with Crippen LogP contribution >= 0.6 is 0 Å². The maximum Gasteiger partial charge on any atom is 0.257 e. The standard InChI is InChI=1S/C22H21N3O3/c26-21(16-7-12-28-14-16)24-8-10-25(11-9-24)22(27)18-13-20(15-5-6-15)23-19-4-2-1-3-17(18)19/h1-4,7,12-15H,5-6,8-11H2. The first-order chi connectivity index (χ1) is 13.7. The van der Waals surface area contributed by atoms with Crippen molar-refractivity contribution in [3.63, 3.8) is 0 Å². The van der Waals surface area contributed by atoms with Gasteiger partial charge in [-0.25, -0.2) is 0 Å². The van der Waals surface area contributed by atoms with Gasteiger partial charge in [-0.05, 0) is 31.0 Å². The molecule has 1 aliphatic carbocycles. The SMILES string of the molecule is O=C(c1ccoc1)N1CCN(C(=O)c2cc(C3CC3)nc3ccccc23)CC1. The molecule has 3 aromatic rings. The number of carbonyl (C=O) groups is 2. The normalized spacial score (nSPS) is 17.1. The second kappa shape index (κ2) is 6.78. The number of amides is 2. The molecular formula is C22H21N3O3. The Hall–Kier alpha value is -3.15. The first-order valence-electron chi connectivity index (χ1n) is 9.71. The zero-order valence-electron chi connectivity index (χ0n) is 15.5. The predicted molar refractivity (Wildman–Crippen MR) is 104 cm³/mol. The van der Waals surface area contributed by atoms with Crippen LogP contribution in [0.5, 0.6) is 0 Å². The van der Waals surface area contributed by atoms with Gasteiger partial charge in [0.1, 0.15) is 6.26 Å². The Bertz CT molecular complexity index is 1030. The van der Waals surface area contributed by atoms with E-state index in [0.29, 0.717) is 37.7 Å². The molecule has 6 nitrogen and oxygen atoms in total. The van der Waals surface area contributed by atoms with Crippen molar-refractivity contribution < 1.29 is 14.0 Å². The number of fused-ring (bicyclic) bond motifs is 1. The molecule has 0 spiro atoms. The van der Waals surface area contributed by atoms with E-state index < -0.39 is 0 Å². The highest BCUT2D eigenvalue weighted by atomic mass is 16.3. The van der Waals surface area contributed by atoms with E-state index >= 15 is 0 Å². The molecule has 1 saturated heterocycles. The lowest BCUT2D eigenvalue weighted by atomic mass is 10.0. The van der Waals surface area contributed by atoms with E-state index in [0.717, 1.165) is 35.0 Å². The van der Waals surface area contributed by atoms with Crippen molar-refractivity contribution in [2.75, 3.05) is 26.2 Å². The van der Waals surface area contributed by atoms with Crippen LogP contribution in [0, 0.1) is 0 Å². The van der Waals surface area contributed by atoms with Crippen LogP contribution in [0.1, 0.15) is 45.2 Å². The lowest BCUT2D eigenvalue weighted by Crippen LogP contribution is -2.50. The largest absolute Gasteiger partial charge is 0.472 e. The molecule has 2 amide bonds. The van der Waals surface area contributed by atoms with Gasteiger partial charge in [-0.2, -0.15) is 0 Å². The van der Waals surface area contributed by atoms with Crippen molar-refractivity contribution in [1.82, 2.24) is 14.8 Å². The van der Waals surface area contributed by atoms with Gasteiger partial charge in [-0.15, -0.1) is 0 Å². The number of pyridine rings is 1. The molecule has 0 radical (unpaired) electrons. The molecule has 142 valence electrons. The summed E-state index contributed by atoms with van der Waals surface area (Å²) in [4.78, 5) is 34.1. The number of piperazine rings is 1. The number of hydrogen-bond acceptors (Lipinski definition) is 4. The first-order valence-corrected chi connectivity index (χ1v) is 9.71. The summed E-state index contributed by atoms with van der Waals surface area (Å²) in [5.74, 6) is 0.461. The third-order valence-electron chi connectivity index (χ3n) is 5.58. The molecule has 28 heavy (non-hydrogen) atoms. The number of para-hydroxylation sites is 1. The third kappa shape index (κ3) is 3.05. The Morgan fingerprint density at radius 1 is 0.964 bits per heavy atom. The zero-order chi connectivity index (χ0) is 19.1. The summed E-state index contributed by atoms with van der Waals surface area (Å²) in [5.41, 5.74) is 3.18. The van der Waals surface area contributed by atoms with Crippen LogP contribution in [0.2, 0.25) is 0 Å². The fourth-order valence-electron chi connectivity index (χ4n) is 3.81. The molecular weight excluding hydrogens is 354 g/mol. The smallest absolute Gasteiger partial charge is 0.257 e. The van der Waals surface area contributed by atoms with Crippen molar-refractivity contribution >= 4 is 22.7 Å². The number of aromatic nitrogens is 1. The maximum atomic E-state index is 13.3. The lowest BCUT2D eigenvalue weighted by molar-refractivity contribution is 0.0536. The number of hydrogen-bond donors (Lipinski definition) is 0. The van der Waals surface area contributed by atoms with Gasteiger partial charge >= 0.3 is 0 Å². The highest BCUT2D eigenvalue weighted by molar-refractivity contribution is 6.06. The van der Waals surface area contributed by atoms with Crippen molar-refractivity contribution in [3.05, 3.63) is 65.7 Å². The Balaban J connectivity index is 1.37. The summed E-state index contributed by atoms with van der Waals surface area (Å²) in [6.45, 7) is 2.10. The highest BCUT2D eigenvalue weighted by Gasteiger charge is 2.30.